The SMILES string of the molecule is CC(C)(C)c1ccc(N2CCC(C(=O)N3CCc4ccccc4C3)C2)nn1. The molecule has 1 fully saturated rings. The molecule has 2 aliphatic heterocycles. The predicted octanol–water partition coefficient (Wildman–Crippen LogP) is 3.19. The van der Waals surface area contributed by atoms with Crippen LogP contribution in [0.25, 0.3) is 0 Å². The van der Waals surface area contributed by atoms with Gasteiger partial charge in [0.1, 0.15) is 0 Å². The average molecular weight is 364 g/mol. The minimum Gasteiger partial charge on any atom is -0.354 e. The summed E-state index contributed by atoms with van der Waals surface area (Å²) < 4.78 is 0. The van der Waals surface area contributed by atoms with Gasteiger partial charge in [-0.1, -0.05) is 45.0 Å². The molecule has 5 nitrogen and oxygen atoms in total. The first-order chi connectivity index (χ1) is 12.9. The minimum atomic E-state index is -0.000403. The maximum absolute atomic E-state index is 13.0. The maximum Gasteiger partial charge on any atom is 0.227 e. The van der Waals surface area contributed by atoms with Crippen molar-refractivity contribution in [3.8, 4) is 0 Å². The number of fused-ring (bicyclic) bond motifs is 1. The molecule has 1 aromatic carbocycles. The predicted molar refractivity (Wildman–Crippen MR) is 107 cm³/mol. The second-order valence-corrected chi connectivity index (χ2v) is 8.74. The number of carbonyl (C=O) groups excluding carboxylic acids is 1. The molecule has 0 bridgehead atoms. The molecule has 1 amide bonds. The van der Waals surface area contributed by atoms with E-state index in [1.54, 1.807) is 0 Å². The summed E-state index contributed by atoms with van der Waals surface area (Å²) in [7, 11) is 0. The van der Waals surface area contributed by atoms with E-state index in [0.29, 0.717) is 0 Å². The molecule has 2 aliphatic rings. The van der Waals surface area contributed by atoms with Gasteiger partial charge in [-0.3, -0.25) is 4.79 Å². The van der Waals surface area contributed by atoms with Crippen LogP contribution in [-0.2, 0) is 23.2 Å². The van der Waals surface area contributed by atoms with Crippen LogP contribution < -0.4 is 4.90 Å². The Bertz CT molecular complexity index is 825. The van der Waals surface area contributed by atoms with Gasteiger partial charge in [0, 0.05) is 31.6 Å². The molecule has 1 saturated heterocycles. The van der Waals surface area contributed by atoms with E-state index in [1.807, 2.05) is 11.0 Å². The number of carbonyl (C=O) groups is 1. The van der Waals surface area contributed by atoms with Gasteiger partial charge in [0.25, 0.3) is 0 Å². The highest BCUT2D eigenvalue weighted by atomic mass is 16.2. The summed E-state index contributed by atoms with van der Waals surface area (Å²) >= 11 is 0. The van der Waals surface area contributed by atoms with E-state index < -0.39 is 0 Å². The number of aromatic nitrogens is 2. The molecule has 0 saturated carbocycles. The van der Waals surface area contributed by atoms with Gasteiger partial charge in [0.15, 0.2) is 5.82 Å². The molecular formula is C22H28N4O. The lowest BCUT2D eigenvalue weighted by Crippen LogP contribution is -2.40. The summed E-state index contributed by atoms with van der Waals surface area (Å²) in [5.41, 5.74) is 3.66. The summed E-state index contributed by atoms with van der Waals surface area (Å²) in [4.78, 5) is 17.3. The summed E-state index contributed by atoms with van der Waals surface area (Å²) in [5.74, 6) is 1.22. The molecule has 1 aromatic heterocycles. The Morgan fingerprint density at radius 2 is 1.81 bits per heavy atom. The Morgan fingerprint density at radius 1 is 1.04 bits per heavy atom. The Hall–Kier alpha value is -2.43. The Kier molecular flexibility index (Phi) is 4.62. The van der Waals surface area contributed by atoms with Crippen LogP contribution >= 0.6 is 0 Å². The molecule has 27 heavy (non-hydrogen) atoms. The fourth-order valence-electron chi connectivity index (χ4n) is 4.01. The summed E-state index contributed by atoms with van der Waals surface area (Å²) in [6.07, 6.45) is 1.85. The lowest BCUT2D eigenvalue weighted by Gasteiger charge is -2.31. The second kappa shape index (κ2) is 6.95. The van der Waals surface area contributed by atoms with Crippen molar-refractivity contribution in [1.29, 1.82) is 0 Å². The summed E-state index contributed by atoms with van der Waals surface area (Å²) in [5, 5.41) is 8.81. The van der Waals surface area contributed by atoms with Crippen LogP contribution in [0.4, 0.5) is 5.82 Å². The molecule has 1 unspecified atom stereocenters. The van der Waals surface area contributed by atoms with Gasteiger partial charge < -0.3 is 9.80 Å². The third-order valence-electron chi connectivity index (χ3n) is 5.72. The molecule has 3 heterocycles. The van der Waals surface area contributed by atoms with Gasteiger partial charge in [0.05, 0.1) is 11.6 Å². The lowest BCUT2D eigenvalue weighted by atomic mass is 9.92. The standard InChI is InChI=1S/C22H28N4O/c1-22(2,3)19-8-9-20(24-23-19)25-12-11-18(15-25)21(27)26-13-10-16-6-4-5-7-17(16)14-26/h4-9,18H,10-15H2,1-3H3. The third-order valence-corrected chi connectivity index (χ3v) is 5.72. The van der Waals surface area contributed by atoms with Crippen LogP contribution in [0.5, 0.6) is 0 Å². The number of hydrogen-bond acceptors (Lipinski definition) is 4. The first-order valence-electron chi connectivity index (χ1n) is 9.86. The van der Waals surface area contributed by atoms with Crippen molar-refractivity contribution >= 4 is 11.7 Å². The third kappa shape index (κ3) is 3.68. The minimum absolute atomic E-state index is 0.000403. The van der Waals surface area contributed by atoms with Crippen LogP contribution in [0.1, 0.15) is 44.0 Å². The molecule has 5 heteroatoms. The van der Waals surface area contributed by atoms with Crippen molar-refractivity contribution in [3.63, 3.8) is 0 Å². The summed E-state index contributed by atoms with van der Waals surface area (Å²) in [6, 6.07) is 12.5. The molecule has 4 rings (SSSR count). The largest absolute Gasteiger partial charge is 0.354 e. The van der Waals surface area contributed by atoms with Gasteiger partial charge in [-0.2, -0.15) is 5.10 Å². The van der Waals surface area contributed by atoms with E-state index in [9.17, 15) is 4.79 Å². The number of nitrogens with zero attached hydrogens (tertiary/aromatic N) is 4. The van der Waals surface area contributed by atoms with Crippen LogP contribution in [0.15, 0.2) is 36.4 Å². The lowest BCUT2D eigenvalue weighted by molar-refractivity contribution is -0.135. The van der Waals surface area contributed by atoms with E-state index in [1.165, 1.54) is 11.1 Å². The highest BCUT2D eigenvalue weighted by molar-refractivity contribution is 5.80. The summed E-state index contributed by atoms with van der Waals surface area (Å²) in [6.45, 7) is 9.58. The topological polar surface area (TPSA) is 49.3 Å². The van der Waals surface area contributed by atoms with E-state index in [4.69, 9.17) is 0 Å². The second-order valence-electron chi connectivity index (χ2n) is 8.74. The zero-order chi connectivity index (χ0) is 19.0. The zero-order valence-electron chi connectivity index (χ0n) is 16.5. The number of rotatable bonds is 2. The van der Waals surface area contributed by atoms with Gasteiger partial charge >= 0.3 is 0 Å². The van der Waals surface area contributed by atoms with E-state index in [2.05, 4.69) is 66.2 Å². The zero-order valence-corrected chi connectivity index (χ0v) is 16.5. The van der Waals surface area contributed by atoms with Gasteiger partial charge in [0.2, 0.25) is 5.91 Å². The van der Waals surface area contributed by atoms with Crippen molar-refractivity contribution in [1.82, 2.24) is 15.1 Å². The molecule has 2 aromatic rings. The number of hydrogen-bond donors (Lipinski definition) is 0. The van der Waals surface area contributed by atoms with Crippen LogP contribution in [-0.4, -0.2) is 40.6 Å². The Balaban J connectivity index is 1.40. The van der Waals surface area contributed by atoms with Gasteiger partial charge in [-0.15, -0.1) is 5.10 Å². The maximum atomic E-state index is 13.0. The van der Waals surface area contributed by atoms with Crippen LogP contribution in [0, 0.1) is 5.92 Å². The average Bonchev–Trinajstić information content (AvgIpc) is 3.16. The van der Waals surface area contributed by atoms with Crippen molar-refractivity contribution in [2.24, 2.45) is 5.92 Å². The first-order valence-corrected chi connectivity index (χ1v) is 9.86. The number of anilines is 1. The number of benzene rings is 1. The Labute approximate surface area is 161 Å². The first kappa shape index (κ1) is 18.0. The highest BCUT2D eigenvalue weighted by Gasteiger charge is 2.33. The van der Waals surface area contributed by atoms with E-state index in [-0.39, 0.29) is 17.2 Å². The van der Waals surface area contributed by atoms with E-state index in [0.717, 1.165) is 50.5 Å². The number of amides is 1. The molecular weight excluding hydrogens is 336 g/mol. The van der Waals surface area contributed by atoms with Crippen molar-refractivity contribution in [3.05, 3.63) is 53.2 Å². The van der Waals surface area contributed by atoms with Gasteiger partial charge in [-0.25, -0.2) is 0 Å². The fourth-order valence-corrected chi connectivity index (χ4v) is 4.01. The molecule has 0 N–H and O–H groups in total. The molecule has 0 radical (unpaired) electrons. The van der Waals surface area contributed by atoms with Crippen molar-refractivity contribution in [2.45, 2.75) is 45.6 Å². The van der Waals surface area contributed by atoms with Crippen LogP contribution in [0.3, 0.4) is 0 Å². The normalized spacial score (nSPS) is 19.9. The smallest absolute Gasteiger partial charge is 0.227 e. The van der Waals surface area contributed by atoms with Crippen molar-refractivity contribution < 1.29 is 4.79 Å². The van der Waals surface area contributed by atoms with Gasteiger partial charge in [-0.05, 0) is 36.1 Å². The molecule has 142 valence electrons. The molecule has 1 atom stereocenters. The fraction of sp³-hybridized carbons (Fsp3) is 0.500. The monoisotopic (exact) mass is 364 g/mol. The van der Waals surface area contributed by atoms with Crippen LogP contribution in [0.2, 0.25) is 0 Å². The molecule has 0 aliphatic carbocycles. The Morgan fingerprint density at radius 3 is 2.52 bits per heavy atom. The van der Waals surface area contributed by atoms with Crippen molar-refractivity contribution in [2.75, 3.05) is 24.5 Å². The highest BCUT2D eigenvalue weighted by Crippen LogP contribution is 2.27. The molecule has 0 spiro atoms. The quantitative estimate of drug-likeness (QED) is 0.821. The van der Waals surface area contributed by atoms with E-state index >= 15 is 0 Å².